The Hall–Kier alpha value is -5.17. The average Bonchev–Trinajstić information content (AvgIpc) is 3.14. The Kier molecular flexibility index (Phi) is 11.1. The molecule has 0 saturated carbocycles. The van der Waals surface area contributed by atoms with Gasteiger partial charge < -0.3 is 10.2 Å². The van der Waals surface area contributed by atoms with Crippen LogP contribution in [0.1, 0.15) is 15.9 Å². The van der Waals surface area contributed by atoms with Crippen molar-refractivity contribution in [3.8, 4) is 11.1 Å². The van der Waals surface area contributed by atoms with E-state index in [1.165, 1.54) is 28.8 Å². The number of nitrogens with zero attached hydrogens (tertiary/aromatic N) is 3. The SMILES string of the molecule is O=C(NS(=O)(=O)c1ccc(NCCSc2ccccc2)c([N+](=O)[O-])c1)c1ccc(N2CCN(Cc3cccc(-c4ccccc4)c3)CC2)cc1. The molecule has 2 N–H and O–H groups in total. The predicted octanol–water partition coefficient (Wildman–Crippen LogP) is 6.91. The molecular formula is C38H37N5O5S2. The zero-order valence-corrected chi connectivity index (χ0v) is 28.9. The van der Waals surface area contributed by atoms with Crippen molar-refractivity contribution in [3.05, 3.63) is 149 Å². The molecule has 1 aliphatic heterocycles. The molecule has 0 unspecified atom stereocenters. The minimum absolute atomic E-state index is 0.165. The summed E-state index contributed by atoms with van der Waals surface area (Å²) in [5, 5.41) is 14.8. The Morgan fingerprint density at radius 2 is 1.46 bits per heavy atom. The molecule has 1 saturated heterocycles. The summed E-state index contributed by atoms with van der Waals surface area (Å²) < 4.78 is 28.2. The minimum Gasteiger partial charge on any atom is -0.379 e. The van der Waals surface area contributed by atoms with Crippen LogP contribution in [0.15, 0.2) is 137 Å². The number of piperazine rings is 1. The van der Waals surface area contributed by atoms with Crippen molar-refractivity contribution in [2.75, 3.05) is 48.7 Å². The van der Waals surface area contributed by atoms with Crippen molar-refractivity contribution in [2.24, 2.45) is 0 Å². The normalized spacial score (nSPS) is 13.5. The second-order valence-corrected chi connectivity index (χ2v) is 14.7. The fourth-order valence-electron chi connectivity index (χ4n) is 5.82. The zero-order valence-electron chi connectivity index (χ0n) is 27.3. The summed E-state index contributed by atoms with van der Waals surface area (Å²) in [5.41, 5.74) is 4.58. The van der Waals surface area contributed by atoms with Gasteiger partial charge in [0.1, 0.15) is 5.69 Å². The number of hydrogen-bond acceptors (Lipinski definition) is 9. The Bertz CT molecular complexity index is 2040. The van der Waals surface area contributed by atoms with E-state index in [1.807, 2.05) is 60.7 Å². The second-order valence-electron chi connectivity index (χ2n) is 11.8. The van der Waals surface area contributed by atoms with Crippen LogP contribution < -0.4 is 14.9 Å². The topological polar surface area (TPSA) is 125 Å². The van der Waals surface area contributed by atoms with Gasteiger partial charge in [0.2, 0.25) is 0 Å². The number of amides is 1. The van der Waals surface area contributed by atoms with Gasteiger partial charge in [0, 0.05) is 67.2 Å². The van der Waals surface area contributed by atoms with Crippen LogP contribution in [0.3, 0.4) is 0 Å². The number of hydrogen-bond donors (Lipinski definition) is 2. The molecule has 0 atom stereocenters. The van der Waals surface area contributed by atoms with Gasteiger partial charge in [0.05, 0.1) is 9.82 Å². The number of nitro groups is 1. The van der Waals surface area contributed by atoms with Crippen LogP contribution in [0.4, 0.5) is 17.1 Å². The lowest BCUT2D eigenvalue weighted by Gasteiger charge is -2.36. The van der Waals surface area contributed by atoms with Crippen molar-refractivity contribution in [3.63, 3.8) is 0 Å². The Morgan fingerprint density at radius 3 is 2.16 bits per heavy atom. The lowest BCUT2D eigenvalue weighted by Crippen LogP contribution is -2.46. The van der Waals surface area contributed by atoms with E-state index in [9.17, 15) is 23.3 Å². The predicted molar refractivity (Wildman–Crippen MR) is 199 cm³/mol. The second kappa shape index (κ2) is 16.0. The van der Waals surface area contributed by atoms with Crippen LogP contribution >= 0.6 is 11.8 Å². The number of sulfonamides is 1. The molecular weight excluding hydrogens is 671 g/mol. The molecule has 0 bridgehead atoms. The van der Waals surface area contributed by atoms with Crippen LogP contribution in [0.5, 0.6) is 0 Å². The van der Waals surface area contributed by atoms with E-state index >= 15 is 0 Å². The molecule has 50 heavy (non-hydrogen) atoms. The molecule has 0 aromatic heterocycles. The highest BCUT2D eigenvalue weighted by atomic mass is 32.2. The lowest BCUT2D eigenvalue weighted by atomic mass is 10.0. The third-order valence-electron chi connectivity index (χ3n) is 8.44. The smallest absolute Gasteiger partial charge is 0.293 e. The summed E-state index contributed by atoms with van der Waals surface area (Å²) in [6, 6.07) is 39.1. The largest absolute Gasteiger partial charge is 0.379 e. The molecule has 5 aromatic rings. The van der Waals surface area contributed by atoms with Gasteiger partial charge >= 0.3 is 0 Å². The number of rotatable bonds is 13. The molecule has 5 aromatic carbocycles. The quantitative estimate of drug-likeness (QED) is 0.0582. The van der Waals surface area contributed by atoms with Crippen molar-refractivity contribution in [1.82, 2.24) is 9.62 Å². The van der Waals surface area contributed by atoms with E-state index in [0.29, 0.717) is 12.3 Å². The highest BCUT2D eigenvalue weighted by Crippen LogP contribution is 2.28. The first kappa shape index (κ1) is 34.7. The standard InChI is InChI=1S/C38H37N5O5S2/c44-38(40-50(47,48)35-18-19-36(37(27-35)43(45)46)39-20-25-49-34-12-5-2-6-13-34)31-14-16-33(17-15-31)42-23-21-41(22-24-42)28-29-8-7-11-32(26-29)30-9-3-1-4-10-30/h1-19,26-27,39H,20-25,28H2,(H,40,44). The maximum atomic E-state index is 13.1. The van der Waals surface area contributed by atoms with E-state index in [2.05, 4.69) is 56.2 Å². The number of anilines is 2. The number of carbonyl (C=O) groups excluding carboxylic acids is 1. The van der Waals surface area contributed by atoms with Crippen LogP contribution in [0, 0.1) is 10.1 Å². The monoisotopic (exact) mass is 707 g/mol. The van der Waals surface area contributed by atoms with Crippen molar-refractivity contribution >= 4 is 44.8 Å². The summed E-state index contributed by atoms with van der Waals surface area (Å²) in [6.07, 6.45) is 0. The molecule has 6 rings (SSSR count). The molecule has 1 amide bonds. The van der Waals surface area contributed by atoms with Crippen LogP contribution in [-0.4, -0.2) is 62.6 Å². The van der Waals surface area contributed by atoms with Crippen LogP contribution in [-0.2, 0) is 16.6 Å². The Balaban J connectivity index is 1.01. The molecule has 10 nitrogen and oxygen atoms in total. The van der Waals surface area contributed by atoms with Gasteiger partial charge in [-0.05, 0) is 71.3 Å². The van der Waals surface area contributed by atoms with Crippen molar-refractivity contribution in [1.29, 1.82) is 0 Å². The average molecular weight is 708 g/mol. The van der Waals surface area contributed by atoms with Crippen molar-refractivity contribution < 1.29 is 18.1 Å². The summed E-state index contributed by atoms with van der Waals surface area (Å²) in [5.74, 6) is -0.168. The number of benzene rings is 5. The third-order valence-corrected chi connectivity index (χ3v) is 10.8. The van der Waals surface area contributed by atoms with Gasteiger partial charge in [-0.15, -0.1) is 11.8 Å². The van der Waals surface area contributed by atoms with E-state index in [1.54, 1.807) is 23.9 Å². The first-order valence-corrected chi connectivity index (χ1v) is 18.7. The maximum absolute atomic E-state index is 13.1. The Morgan fingerprint density at radius 1 is 0.780 bits per heavy atom. The molecule has 0 spiro atoms. The molecule has 1 aliphatic rings. The highest BCUT2D eigenvalue weighted by Gasteiger charge is 2.24. The number of nitrogens with one attached hydrogen (secondary N) is 2. The first-order chi connectivity index (χ1) is 24.2. The molecule has 1 heterocycles. The van der Waals surface area contributed by atoms with Gasteiger partial charge in [-0.3, -0.25) is 19.8 Å². The van der Waals surface area contributed by atoms with Crippen LogP contribution in [0.25, 0.3) is 11.1 Å². The summed E-state index contributed by atoms with van der Waals surface area (Å²) in [7, 11) is -4.37. The fourth-order valence-corrected chi connectivity index (χ4v) is 7.60. The highest BCUT2D eigenvalue weighted by molar-refractivity contribution is 7.99. The maximum Gasteiger partial charge on any atom is 0.293 e. The van der Waals surface area contributed by atoms with Gasteiger partial charge in [-0.25, -0.2) is 13.1 Å². The van der Waals surface area contributed by atoms with Crippen molar-refractivity contribution in [2.45, 2.75) is 16.3 Å². The summed E-state index contributed by atoms with van der Waals surface area (Å²) >= 11 is 1.59. The lowest BCUT2D eigenvalue weighted by molar-refractivity contribution is -0.384. The molecule has 12 heteroatoms. The van der Waals surface area contributed by atoms with E-state index in [0.717, 1.165) is 49.4 Å². The third kappa shape index (κ3) is 8.89. The van der Waals surface area contributed by atoms with E-state index < -0.39 is 26.5 Å². The van der Waals surface area contributed by atoms with Crippen LogP contribution in [0.2, 0.25) is 0 Å². The van der Waals surface area contributed by atoms with E-state index in [4.69, 9.17) is 0 Å². The number of nitro benzene ring substituents is 1. The fraction of sp³-hybridized carbons (Fsp3) is 0.184. The number of carbonyl (C=O) groups is 1. The minimum atomic E-state index is -4.37. The van der Waals surface area contributed by atoms with Gasteiger partial charge in [-0.2, -0.15) is 0 Å². The first-order valence-electron chi connectivity index (χ1n) is 16.2. The number of thioether (sulfide) groups is 1. The van der Waals surface area contributed by atoms with E-state index in [-0.39, 0.29) is 16.1 Å². The Labute approximate surface area is 296 Å². The van der Waals surface area contributed by atoms with Gasteiger partial charge in [0.25, 0.3) is 21.6 Å². The summed E-state index contributed by atoms with van der Waals surface area (Å²) in [6.45, 7) is 4.67. The molecule has 0 radical (unpaired) electrons. The summed E-state index contributed by atoms with van der Waals surface area (Å²) in [4.78, 5) is 29.5. The molecule has 1 fully saturated rings. The van der Waals surface area contributed by atoms with Gasteiger partial charge in [0.15, 0.2) is 0 Å². The molecule has 256 valence electrons. The van der Waals surface area contributed by atoms with Gasteiger partial charge in [-0.1, -0.05) is 66.7 Å². The molecule has 0 aliphatic carbocycles. The zero-order chi connectivity index (χ0) is 34.9.